The molecule has 6 nitrogen and oxygen atoms in total. The monoisotopic (exact) mass is 368 g/mol. The molecule has 0 atom stereocenters. The summed E-state index contributed by atoms with van der Waals surface area (Å²) in [6.45, 7) is 1.51. The Bertz CT molecular complexity index is 862. The number of rotatable bonds is 8. The first-order chi connectivity index (χ1) is 11.3. The molecule has 0 heterocycles. The van der Waals surface area contributed by atoms with Gasteiger partial charge in [-0.3, -0.25) is 0 Å². The van der Waals surface area contributed by atoms with Crippen LogP contribution in [0.2, 0.25) is 0 Å². The molecule has 0 saturated carbocycles. The molecule has 130 valence electrons. The second kappa shape index (κ2) is 7.89. The standard InChI is InChI=1S/C16H20N2O4S2/c1-2-23(19,20)17-12-13-18-24(21,22)16-10-8-15(9-11-16)14-6-4-3-5-7-14/h3-11,17-18H,2,12-13H2,1H3. The first-order valence-corrected chi connectivity index (χ1v) is 10.6. The molecule has 0 aliphatic carbocycles. The third-order valence-electron chi connectivity index (χ3n) is 3.39. The summed E-state index contributed by atoms with van der Waals surface area (Å²) in [6, 6.07) is 16.2. The van der Waals surface area contributed by atoms with Crippen LogP contribution in [0.25, 0.3) is 11.1 Å². The average Bonchev–Trinajstić information content (AvgIpc) is 2.60. The number of hydrogen-bond acceptors (Lipinski definition) is 4. The summed E-state index contributed by atoms with van der Waals surface area (Å²) >= 11 is 0. The fourth-order valence-electron chi connectivity index (χ4n) is 2.03. The van der Waals surface area contributed by atoms with Gasteiger partial charge in [0.2, 0.25) is 20.0 Å². The van der Waals surface area contributed by atoms with Crippen LogP contribution in [0.1, 0.15) is 6.92 Å². The zero-order valence-corrected chi connectivity index (χ0v) is 14.9. The van der Waals surface area contributed by atoms with Gasteiger partial charge in [0, 0.05) is 13.1 Å². The van der Waals surface area contributed by atoms with Crippen molar-refractivity contribution in [1.82, 2.24) is 9.44 Å². The van der Waals surface area contributed by atoms with Crippen molar-refractivity contribution in [2.24, 2.45) is 0 Å². The normalized spacial score (nSPS) is 12.2. The fraction of sp³-hybridized carbons (Fsp3) is 0.250. The first-order valence-electron chi connectivity index (χ1n) is 7.46. The van der Waals surface area contributed by atoms with Gasteiger partial charge in [-0.1, -0.05) is 42.5 Å². The van der Waals surface area contributed by atoms with E-state index in [1.165, 1.54) is 19.1 Å². The van der Waals surface area contributed by atoms with Crippen LogP contribution >= 0.6 is 0 Å². The third-order valence-corrected chi connectivity index (χ3v) is 6.27. The van der Waals surface area contributed by atoms with Gasteiger partial charge in [0.15, 0.2) is 0 Å². The molecule has 0 saturated heterocycles. The second-order valence-electron chi connectivity index (χ2n) is 5.09. The highest BCUT2D eigenvalue weighted by Gasteiger charge is 2.14. The molecular formula is C16H20N2O4S2. The molecule has 2 N–H and O–H groups in total. The van der Waals surface area contributed by atoms with Crippen molar-refractivity contribution in [3.63, 3.8) is 0 Å². The lowest BCUT2D eigenvalue weighted by molar-refractivity contribution is 0.571. The Balaban J connectivity index is 2.00. The van der Waals surface area contributed by atoms with Crippen molar-refractivity contribution in [2.75, 3.05) is 18.8 Å². The molecule has 0 radical (unpaired) electrons. The Morgan fingerprint density at radius 2 is 1.29 bits per heavy atom. The van der Waals surface area contributed by atoms with Gasteiger partial charge in [0.05, 0.1) is 10.6 Å². The Hall–Kier alpha value is -1.74. The molecule has 2 aromatic carbocycles. The smallest absolute Gasteiger partial charge is 0.214 e. The second-order valence-corrected chi connectivity index (χ2v) is 8.95. The molecule has 0 bridgehead atoms. The van der Waals surface area contributed by atoms with Crippen LogP contribution in [-0.2, 0) is 20.0 Å². The van der Waals surface area contributed by atoms with Crippen LogP contribution in [0, 0.1) is 0 Å². The zero-order valence-electron chi connectivity index (χ0n) is 13.3. The van der Waals surface area contributed by atoms with E-state index in [-0.39, 0.29) is 23.7 Å². The topological polar surface area (TPSA) is 92.3 Å². The van der Waals surface area contributed by atoms with Crippen LogP contribution in [0.15, 0.2) is 59.5 Å². The van der Waals surface area contributed by atoms with E-state index in [0.717, 1.165) is 11.1 Å². The molecule has 0 aliphatic rings. The number of sulfonamides is 2. The van der Waals surface area contributed by atoms with E-state index in [1.54, 1.807) is 12.1 Å². The van der Waals surface area contributed by atoms with Gasteiger partial charge in [0.1, 0.15) is 0 Å². The van der Waals surface area contributed by atoms with Gasteiger partial charge in [-0.2, -0.15) is 0 Å². The highest BCUT2D eigenvalue weighted by Crippen LogP contribution is 2.20. The summed E-state index contributed by atoms with van der Waals surface area (Å²) in [5.41, 5.74) is 1.92. The maximum atomic E-state index is 12.2. The van der Waals surface area contributed by atoms with E-state index in [0.29, 0.717) is 0 Å². The highest BCUT2D eigenvalue weighted by molar-refractivity contribution is 7.89. The van der Waals surface area contributed by atoms with Gasteiger partial charge >= 0.3 is 0 Å². The minimum absolute atomic E-state index is 0.0114. The summed E-state index contributed by atoms with van der Waals surface area (Å²) < 4.78 is 51.6. The third kappa shape index (κ3) is 5.13. The Morgan fingerprint density at radius 3 is 1.88 bits per heavy atom. The predicted octanol–water partition coefficient (Wildman–Crippen LogP) is 1.57. The van der Waals surface area contributed by atoms with Crippen molar-refractivity contribution >= 4 is 20.0 Å². The van der Waals surface area contributed by atoms with Crippen LogP contribution in [0.3, 0.4) is 0 Å². The average molecular weight is 368 g/mol. The van der Waals surface area contributed by atoms with E-state index >= 15 is 0 Å². The number of nitrogens with one attached hydrogen (secondary N) is 2. The van der Waals surface area contributed by atoms with E-state index < -0.39 is 20.0 Å². The highest BCUT2D eigenvalue weighted by atomic mass is 32.2. The van der Waals surface area contributed by atoms with E-state index in [1.807, 2.05) is 30.3 Å². The predicted molar refractivity (Wildman–Crippen MR) is 94.5 cm³/mol. The SMILES string of the molecule is CCS(=O)(=O)NCCNS(=O)(=O)c1ccc(-c2ccccc2)cc1. The van der Waals surface area contributed by atoms with Crippen LogP contribution in [0.5, 0.6) is 0 Å². The molecular weight excluding hydrogens is 348 g/mol. The number of hydrogen-bond donors (Lipinski definition) is 2. The fourth-order valence-corrected chi connectivity index (χ4v) is 3.68. The maximum Gasteiger partial charge on any atom is 0.240 e. The van der Waals surface area contributed by atoms with Gasteiger partial charge in [0.25, 0.3) is 0 Å². The molecule has 24 heavy (non-hydrogen) atoms. The lowest BCUT2D eigenvalue weighted by atomic mass is 10.1. The Kier molecular flexibility index (Phi) is 6.11. The van der Waals surface area contributed by atoms with E-state index in [9.17, 15) is 16.8 Å². The maximum absolute atomic E-state index is 12.2. The van der Waals surface area contributed by atoms with Crippen molar-refractivity contribution in [2.45, 2.75) is 11.8 Å². The molecule has 2 aromatic rings. The van der Waals surface area contributed by atoms with Gasteiger partial charge < -0.3 is 0 Å². The Morgan fingerprint density at radius 1 is 0.750 bits per heavy atom. The van der Waals surface area contributed by atoms with Crippen molar-refractivity contribution in [3.05, 3.63) is 54.6 Å². The molecule has 0 aromatic heterocycles. The van der Waals surface area contributed by atoms with Crippen molar-refractivity contribution < 1.29 is 16.8 Å². The summed E-state index contributed by atoms with van der Waals surface area (Å²) in [6.07, 6.45) is 0. The van der Waals surface area contributed by atoms with Crippen LogP contribution in [0.4, 0.5) is 0 Å². The minimum Gasteiger partial charge on any atom is -0.214 e. The van der Waals surface area contributed by atoms with E-state index in [4.69, 9.17) is 0 Å². The molecule has 0 unspecified atom stereocenters. The Labute approximate surface area is 143 Å². The molecule has 0 fully saturated rings. The summed E-state index contributed by atoms with van der Waals surface area (Å²) in [7, 11) is -6.99. The summed E-state index contributed by atoms with van der Waals surface area (Å²) in [4.78, 5) is 0.139. The molecule has 0 aliphatic heterocycles. The van der Waals surface area contributed by atoms with Gasteiger partial charge in [-0.05, 0) is 30.2 Å². The minimum atomic E-state index is -3.67. The zero-order chi connectivity index (χ0) is 17.6. The van der Waals surface area contributed by atoms with E-state index in [2.05, 4.69) is 9.44 Å². The summed E-state index contributed by atoms with van der Waals surface area (Å²) in [5.74, 6) is -0.0410. The quantitative estimate of drug-likeness (QED) is 0.692. The molecule has 2 rings (SSSR count). The van der Waals surface area contributed by atoms with Gasteiger partial charge in [-0.15, -0.1) is 0 Å². The van der Waals surface area contributed by atoms with Gasteiger partial charge in [-0.25, -0.2) is 26.3 Å². The van der Waals surface area contributed by atoms with Crippen molar-refractivity contribution in [3.8, 4) is 11.1 Å². The lowest BCUT2D eigenvalue weighted by Crippen LogP contribution is -2.35. The first kappa shape index (κ1) is 18.6. The lowest BCUT2D eigenvalue weighted by Gasteiger charge is -2.09. The molecule has 0 amide bonds. The number of benzene rings is 2. The van der Waals surface area contributed by atoms with Crippen molar-refractivity contribution in [1.29, 1.82) is 0 Å². The largest absolute Gasteiger partial charge is 0.240 e. The van der Waals surface area contributed by atoms with Crippen LogP contribution < -0.4 is 9.44 Å². The van der Waals surface area contributed by atoms with Crippen LogP contribution in [-0.4, -0.2) is 35.7 Å². The summed E-state index contributed by atoms with van der Waals surface area (Å²) in [5, 5.41) is 0. The molecule has 8 heteroatoms. The molecule has 0 spiro atoms.